The maximum atomic E-state index is 5.19. The zero-order valence-corrected chi connectivity index (χ0v) is 9.81. The average Bonchev–Trinajstić information content (AvgIpc) is 2.77. The van der Waals surface area contributed by atoms with Crippen LogP contribution in [-0.2, 0) is 12.8 Å². The van der Waals surface area contributed by atoms with Crippen molar-refractivity contribution in [2.45, 2.75) is 26.2 Å². The Morgan fingerprint density at radius 1 is 1.35 bits per heavy atom. The lowest BCUT2D eigenvalue weighted by Gasteiger charge is -2.00. The summed E-state index contributed by atoms with van der Waals surface area (Å²) in [5.41, 5.74) is 2.46. The molecule has 0 N–H and O–H groups in total. The van der Waals surface area contributed by atoms with Crippen molar-refractivity contribution in [2.24, 2.45) is 0 Å². The van der Waals surface area contributed by atoms with Gasteiger partial charge in [-0.15, -0.1) is 12.3 Å². The summed E-state index contributed by atoms with van der Waals surface area (Å²) in [7, 11) is 0. The molecule has 0 saturated carbocycles. The van der Waals surface area contributed by atoms with Crippen molar-refractivity contribution < 1.29 is 4.52 Å². The molecule has 0 saturated heterocycles. The van der Waals surface area contributed by atoms with E-state index >= 15 is 0 Å². The first-order valence-electron chi connectivity index (χ1n) is 5.59. The fourth-order valence-electron chi connectivity index (χ4n) is 1.62. The Hall–Kier alpha value is -2.08. The van der Waals surface area contributed by atoms with Gasteiger partial charge in [0.15, 0.2) is 5.82 Å². The summed E-state index contributed by atoms with van der Waals surface area (Å²) in [6.45, 7) is 2.08. The first-order chi connectivity index (χ1) is 8.29. The molecule has 0 aliphatic heterocycles. The molecule has 0 bridgehead atoms. The van der Waals surface area contributed by atoms with Crippen LogP contribution in [0.3, 0.4) is 0 Å². The molecule has 1 aromatic carbocycles. The first kappa shape index (κ1) is 11.4. The molecular weight excluding hydrogens is 212 g/mol. The second-order valence-electron chi connectivity index (χ2n) is 3.91. The number of hydrogen-bond acceptors (Lipinski definition) is 3. The van der Waals surface area contributed by atoms with Gasteiger partial charge in [-0.2, -0.15) is 4.98 Å². The lowest BCUT2D eigenvalue weighted by Crippen LogP contribution is -1.94. The molecule has 2 rings (SSSR count). The van der Waals surface area contributed by atoms with Gasteiger partial charge < -0.3 is 4.52 Å². The predicted octanol–water partition coefficient (Wildman–Crippen LogP) is 2.53. The number of hydrogen-bond donors (Lipinski definition) is 0. The first-order valence-corrected chi connectivity index (χ1v) is 5.59. The van der Waals surface area contributed by atoms with Crippen LogP contribution in [0.2, 0.25) is 0 Å². The second-order valence-corrected chi connectivity index (χ2v) is 3.91. The van der Waals surface area contributed by atoms with E-state index in [-0.39, 0.29) is 0 Å². The maximum absolute atomic E-state index is 5.19. The topological polar surface area (TPSA) is 38.9 Å². The molecule has 0 aliphatic rings. The van der Waals surface area contributed by atoms with Crippen LogP contribution in [0.15, 0.2) is 28.8 Å². The van der Waals surface area contributed by atoms with E-state index in [1.807, 2.05) is 12.1 Å². The minimum Gasteiger partial charge on any atom is -0.339 e. The monoisotopic (exact) mass is 226 g/mol. The fraction of sp³-hybridized carbons (Fsp3) is 0.286. The van der Waals surface area contributed by atoms with Crippen molar-refractivity contribution >= 4 is 0 Å². The molecule has 86 valence electrons. The van der Waals surface area contributed by atoms with Gasteiger partial charge in [0.05, 0.1) is 0 Å². The minimum atomic E-state index is 0.617. The fourth-order valence-corrected chi connectivity index (χ4v) is 1.62. The third kappa shape index (κ3) is 2.94. The minimum absolute atomic E-state index is 0.617. The summed E-state index contributed by atoms with van der Waals surface area (Å²) in [5, 5.41) is 3.95. The zero-order chi connectivity index (χ0) is 12.1. The molecular formula is C14H14N2O. The third-order valence-electron chi connectivity index (χ3n) is 2.60. The van der Waals surface area contributed by atoms with Crippen LogP contribution in [0.4, 0.5) is 0 Å². The van der Waals surface area contributed by atoms with Crippen LogP contribution < -0.4 is 0 Å². The Morgan fingerprint density at radius 3 is 2.94 bits per heavy atom. The molecule has 1 aromatic heterocycles. The second kappa shape index (κ2) is 5.31. The number of nitrogens with zero attached hydrogens (tertiary/aromatic N) is 2. The molecule has 1 heterocycles. The van der Waals surface area contributed by atoms with Crippen molar-refractivity contribution in [1.82, 2.24) is 10.1 Å². The summed E-state index contributed by atoms with van der Waals surface area (Å²) in [6.07, 6.45) is 7.17. The lowest BCUT2D eigenvalue weighted by atomic mass is 10.1. The lowest BCUT2D eigenvalue weighted by molar-refractivity contribution is 0.375. The van der Waals surface area contributed by atoms with E-state index in [2.05, 4.69) is 35.1 Å². The van der Waals surface area contributed by atoms with E-state index in [0.717, 1.165) is 0 Å². The van der Waals surface area contributed by atoms with Crippen LogP contribution in [0.25, 0.3) is 0 Å². The number of aryl methyl sites for hydroxylation is 2. The largest absolute Gasteiger partial charge is 0.339 e. The summed E-state index contributed by atoms with van der Waals surface area (Å²) in [5.74, 6) is 3.89. The van der Waals surface area contributed by atoms with Gasteiger partial charge in [0.25, 0.3) is 0 Å². The van der Waals surface area contributed by atoms with E-state index in [4.69, 9.17) is 10.9 Å². The number of aromatic nitrogens is 2. The molecule has 2 aromatic rings. The summed E-state index contributed by atoms with van der Waals surface area (Å²) >= 11 is 0. The number of terminal acetylenes is 1. The van der Waals surface area contributed by atoms with Crippen molar-refractivity contribution in [3.63, 3.8) is 0 Å². The molecule has 0 unspecified atom stereocenters. The van der Waals surface area contributed by atoms with E-state index < -0.39 is 0 Å². The number of rotatable bonds is 4. The molecule has 17 heavy (non-hydrogen) atoms. The SMILES string of the molecule is C#CCCc1nc(Cc2ccccc2C)no1. The summed E-state index contributed by atoms with van der Waals surface area (Å²) in [4.78, 5) is 4.31. The average molecular weight is 226 g/mol. The highest BCUT2D eigenvalue weighted by Crippen LogP contribution is 2.11. The summed E-state index contributed by atoms with van der Waals surface area (Å²) < 4.78 is 5.12. The molecule has 0 amide bonds. The van der Waals surface area contributed by atoms with Crippen molar-refractivity contribution in [1.29, 1.82) is 0 Å². The Bertz CT molecular complexity index is 537. The Kier molecular flexibility index (Phi) is 3.56. The van der Waals surface area contributed by atoms with E-state index in [1.165, 1.54) is 11.1 Å². The van der Waals surface area contributed by atoms with Gasteiger partial charge in [-0.25, -0.2) is 0 Å². The van der Waals surface area contributed by atoms with Gasteiger partial charge in [0.2, 0.25) is 5.89 Å². The maximum Gasteiger partial charge on any atom is 0.227 e. The van der Waals surface area contributed by atoms with Gasteiger partial charge in [-0.05, 0) is 18.1 Å². The van der Waals surface area contributed by atoms with Gasteiger partial charge in [-0.1, -0.05) is 29.4 Å². The standard InChI is InChI=1S/C14H14N2O/c1-3-4-9-14-15-13(16-17-14)10-12-8-6-5-7-11(12)2/h1,5-8H,4,9-10H2,2H3. The normalized spacial score (nSPS) is 10.1. The Labute approximate surface area is 101 Å². The molecule has 0 fully saturated rings. The van der Waals surface area contributed by atoms with Crippen molar-refractivity contribution in [3.8, 4) is 12.3 Å². The summed E-state index contributed by atoms with van der Waals surface area (Å²) in [6, 6.07) is 8.19. The smallest absolute Gasteiger partial charge is 0.227 e. The molecule has 0 radical (unpaired) electrons. The van der Waals surface area contributed by atoms with Gasteiger partial charge in [0, 0.05) is 19.3 Å². The highest BCUT2D eigenvalue weighted by Gasteiger charge is 2.07. The van der Waals surface area contributed by atoms with E-state index in [1.54, 1.807) is 0 Å². The molecule has 3 nitrogen and oxygen atoms in total. The molecule has 3 heteroatoms. The van der Waals surface area contributed by atoms with Gasteiger partial charge >= 0.3 is 0 Å². The molecule has 0 atom stereocenters. The highest BCUT2D eigenvalue weighted by molar-refractivity contribution is 5.27. The van der Waals surface area contributed by atoms with Crippen LogP contribution in [0, 0.1) is 19.3 Å². The number of benzene rings is 1. The van der Waals surface area contributed by atoms with Crippen molar-refractivity contribution in [3.05, 3.63) is 47.1 Å². The quantitative estimate of drug-likeness (QED) is 0.752. The Morgan fingerprint density at radius 2 is 2.18 bits per heavy atom. The molecule has 0 aliphatic carbocycles. The van der Waals surface area contributed by atoms with Crippen LogP contribution >= 0.6 is 0 Å². The van der Waals surface area contributed by atoms with Crippen LogP contribution in [0.5, 0.6) is 0 Å². The van der Waals surface area contributed by atoms with Gasteiger partial charge in [0.1, 0.15) is 0 Å². The van der Waals surface area contributed by atoms with Crippen LogP contribution in [-0.4, -0.2) is 10.1 Å². The van der Waals surface area contributed by atoms with Gasteiger partial charge in [-0.3, -0.25) is 0 Å². The zero-order valence-electron chi connectivity index (χ0n) is 9.81. The van der Waals surface area contributed by atoms with Crippen molar-refractivity contribution in [2.75, 3.05) is 0 Å². The van der Waals surface area contributed by atoms with E-state index in [9.17, 15) is 0 Å². The highest BCUT2D eigenvalue weighted by atomic mass is 16.5. The van der Waals surface area contributed by atoms with Crippen LogP contribution in [0.1, 0.15) is 29.3 Å². The Balaban J connectivity index is 2.07. The van der Waals surface area contributed by atoms with E-state index in [0.29, 0.717) is 31.0 Å². The predicted molar refractivity (Wildman–Crippen MR) is 65.4 cm³/mol. The third-order valence-corrected chi connectivity index (χ3v) is 2.60. The molecule has 0 spiro atoms.